The Morgan fingerprint density at radius 1 is 1.24 bits per heavy atom. The van der Waals surface area contributed by atoms with E-state index in [-0.39, 0.29) is 22.0 Å². The van der Waals surface area contributed by atoms with E-state index >= 15 is 0 Å². The van der Waals surface area contributed by atoms with Gasteiger partial charge in [0.1, 0.15) is 17.3 Å². The number of alkyl halides is 3. The first kappa shape index (κ1) is 19.6. The van der Waals surface area contributed by atoms with Crippen LogP contribution in [-0.4, -0.2) is 22.3 Å². The zero-order valence-corrected chi connectivity index (χ0v) is 14.5. The second-order valence-corrected chi connectivity index (χ2v) is 7.03. The van der Waals surface area contributed by atoms with E-state index in [1.165, 1.54) is 6.92 Å². The van der Waals surface area contributed by atoms with E-state index < -0.39 is 28.9 Å². The minimum atomic E-state index is -4.60. The van der Waals surface area contributed by atoms with Crippen LogP contribution in [0.5, 0.6) is 0 Å². The summed E-state index contributed by atoms with van der Waals surface area (Å²) in [6, 6.07) is 8.27. The van der Waals surface area contributed by atoms with Gasteiger partial charge in [-0.2, -0.15) is 13.2 Å². The number of benzene rings is 2. The van der Waals surface area contributed by atoms with Crippen LogP contribution in [0.4, 0.5) is 23.2 Å². The molecule has 1 atom stereocenters. The predicted octanol–water partition coefficient (Wildman–Crippen LogP) is 4.49. The minimum absolute atomic E-state index is 0.0491. The van der Waals surface area contributed by atoms with Crippen LogP contribution in [0.25, 0.3) is 0 Å². The van der Waals surface area contributed by atoms with Crippen molar-refractivity contribution in [3.05, 3.63) is 58.4 Å². The molecule has 0 aliphatic heterocycles. The lowest BCUT2D eigenvalue weighted by atomic mass is 10.2. The van der Waals surface area contributed by atoms with Gasteiger partial charge in [-0.15, -0.1) is 0 Å². The quantitative estimate of drug-likeness (QED) is 0.360. The Labute approximate surface area is 149 Å². The molecule has 1 unspecified atom stereocenters. The Morgan fingerprint density at radius 2 is 1.84 bits per heavy atom. The highest BCUT2D eigenvalue weighted by molar-refractivity contribution is 7.91. The second kappa shape index (κ2) is 7.63. The summed E-state index contributed by atoms with van der Waals surface area (Å²) in [7, 11) is 0. The molecule has 2 aromatic rings. The molecule has 0 aliphatic carbocycles. The number of aliphatic imine (C=N–C) groups is 1. The molecule has 0 aliphatic rings. The number of aryl methyl sites for hydroxylation is 1. The van der Waals surface area contributed by atoms with Gasteiger partial charge in [0, 0.05) is 22.2 Å². The van der Waals surface area contributed by atoms with E-state index in [1.807, 2.05) is 0 Å². The van der Waals surface area contributed by atoms with Crippen molar-refractivity contribution in [2.24, 2.45) is 10.7 Å². The number of halogens is 5. The van der Waals surface area contributed by atoms with Crippen molar-refractivity contribution in [1.82, 2.24) is 0 Å². The van der Waals surface area contributed by atoms with Crippen molar-refractivity contribution in [3.8, 4) is 0 Å². The fourth-order valence-electron chi connectivity index (χ4n) is 2.01. The highest BCUT2D eigenvalue weighted by Gasteiger charge is 2.36. The van der Waals surface area contributed by atoms with E-state index in [0.29, 0.717) is 10.6 Å². The number of hydrogen-bond donors (Lipinski definition) is 1. The normalized spacial score (nSPS) is 13.8. The smallest absolute Gasteiger partial charge is 0.433 e. The van der Waals surface area contributed by atoms with Gasteiger partial charge in [0.25, 0.3) is 0 Å². The van der Waals surface area contributed by atoms with E-state index in [4.69, 9.17) is 17.3 Å². The van der Waals surface area contributed by atoms with Crippen molar-refractivity contribution >= 4 is 34.3 Å². The lowest BCUT2D eigenvalue weighted by Gasteiger charge is -2.15. The molecule has 0 spiro atoms. The van der Waals surface area contributed by atoms with E-state index in [9.17, 15) is 22.1 Å². The van der Waals surface area contributed by atoms with Crippen molar-refractivity contribution in [2.45, 2.75) is 18.0 Å². The van der Waals surface area contributed by atoms with Crippen molar-refractivity contribution in [1.29, 1.82) is 0 Å². The SMILES string of the molecule is Cc1cc(F)c(/N=C(/N)c2ccc(Cl)cc2)cc1[S+]([O-])CC(F)(F)F. The molecular weight excluding hydrogens is 380 g/mol. The third-order valence-electron chi connectivity index (χ3n) is 3.17. The van der Waals surface area contributed by atoms with Crippen molar-refractivity contribution in [2.75, 3.05) is 5.75 Å². The number of amidine groups is 1. The predicted molar refractivity (Wildman–Crippen MR) is 90.3 cm³/mol. The lowest BCUT2D eigenvalue weighted by Crippen LogP contribution is -2.23. The summed E-state index contributed by atoms with van der Waals surface area (Å²) in [6.45, 7) is 1.38. The van der Waals surface area contributed by atoms with Crippen LogP contribution in [0.2, 0.25) is 5.02 Å². The molecule has 0 saturated heterocycles. The zero-order chi connectivity index (χ0) is 18.8. The van der Waals surface area contributed by atoms with Gasteiger partial charge in [-0.3, -0.25) is 0 Å². The molecule has 2 aromatic carbocycles. The topological polar surface area (TPSA) is 61.4 Å². The van der Waals surface area contributed by atoms with Crippen LogP contribution in [0, 0.1) is 12.7 Å². The zero-order valence-electron chi connectivity index (χ0n) is 12.9. The number of rotatable bonds is 4. The van der Waals surface area contributed by atoms with Gasteiger partial charge in [0.15, 0.2) is 4.90 Å². The van der Waals surface area contributed by atoms with Gasteiger partial charge in [-0.1, -0.05) is 11.6 Å². The molecule has 0 saturated carbocycles. The molecule has 2 rings (SSSR count). The first-order valence-electron chi connectivity index (χ1n) is 6.92. The van der Waals surface area contributed by atoms with Crippen LogP contribution in [0.1, 0.15) is 11.1 Å². The third-order valence-corrected chi connectivity index (χ3v) is 4.94. The Bertz CT molecular complexity index is 794. The molecular formula is C16H13ClF4N2OS. The molecule has 9 heteroatoms. The van der Waals surface area contributed by atoms with Crippen molar-refractivity contribution < 1.29 is 22.1 Å². The maximum atomic E-state index is 14.1. The number of hydrogen-bond acceptors (Lipinski definition) is 2. The van der Waals surface area contributed by atoms with E-state index in [0.717, 1.165) is 12.1 Å². The summed E-state index contributed by atoms with van der Waals surface area (Å²) in [5, 5.41) is 0.475. The van der Waals surface area contributed by atoms with Crippen LogP contribution >= 0.6 is 11.6 Å². The average molecular weight is 393 g/mol. The number of nitrogens with two attached hydrogens (primary N) is 1. The maximum absolute atomic E-state index is 14.1. The van der Waals surface area contributed by atoms with Gasteiger partial charge in [0.05, 0.1) is 0 Å². The van der Waals surface area contributed by atoms with Crippen LogP contribution in [-0.2, 0) is 11.2 Å². The minimum Gasteiger partial charge on any atom is -0.611 e. The molecule has 25 heavy (non-hydrogen) atoms. The third kappa shape index (κ3) is 5.35. The molecule has 134 valence electrons. The van der Waals surface area contributed by atoms with Gasteiger partial charge in [0.2, 0.25) is 5.75 Å². The summed E-state index contributed by atoms with van der Waals surface area (Å²) in [4.78, 5) is 3.76. The highest BCUT2D eigenvalue weighted by atomic mass is 35.5. The Hall–Kier alpha value is -1.77. The van der Waals surface area contributed by atoms with E-state index in [2.05, 4.69) is 4.99 Å². The summed E-state index contributed by atoms with van der Waals surface area (Å²) in [6.07, 6.45) is -4.60. The molecule has 0 fully saturated rings. The first-order valence-corrected chi connectivity index (χ1v) is 8.62. The fraction of sp³-hybridized carbons (Fsp3) is 0.188. The summed E-state index contributed by atoms with van der Waals surface area (Å²) >= 11 is 3.40. The molecule has 0 bridgehead atoms. The summed E-state index contributed by atoms with van der Waals surface area (Å²) < 4.78 is 63.3. The largest absolute Gasteiger partial charge is 0.611 e. The molecule has 2 N–H and O–H groups in total. The molecule has 0 aromatic heterocycles. The monoisotopic (exact) mass is 392 g/mol. The van der Waals surface area contributed by atoms with E-state index in [1.54, 1.807) is 24.3 Å². The molecule has 0 amide bonds. The number of nitrogens with zero attached hydrogens (tertiary/aromatic N) is 1. The van der Waals surface area contributed by atoms with Gasteiger partial charge >= 0.3 is 6.18 Å². The standard InChI is InChI=1S/C16H13ClF4N2OS/c1-9-6-12(18)13(7-14(9)25(24)8-16(19,20)21)23-15(22)10-2-4-11(17)5-3-10/h2-7H,8H2,1H3,(H2,22,23). The Balaban J connectivity index is 2.39. The summed E-state index contributed by atoms with van der Waals surface area (Å²) in [5.74, 6) is -2.34. The molecule has 0 heterocycles. The van der Waals surface area contributed by atoms with Gasteiger partial charge in [-0.25, -0.2) is 9.38 Å². The van der Waals surface area contributed by atoms with Gasteiger partial charge in [-0.05, 0) is 48.4 Å². The maximum Gasteiger partial charge on any atom is 0.433 e. The second-order valence-electron chi connectivity index (χ2n) is 5.18. The van der Waals surface area contributed by atoms with Crippen LogP contribution in [0.3, 0.4) is 0 Å². The fourth-order valence-corrected chi connectivity index (χ4v) is 3.25. The van der Waals surface area contributed by atoms with Crippen molar-refractivity contribution in [3.63, 3.8) is 0 Å². The van der Waals surface area contributed by atoms with Crippen LogP contribution < -0.4 is 5.73 Å². The van der Waals surface area contributed by atoms with Crippen LogP contribution in [0.15, 0.2) is 46.3 Å². The Kier molecular flexibility index (Phi) is 5.97. The summed E-state index contributed by atoms with van der Waals surface area (Å²) in [5.41, 5.74) is 6.11. The first-order chi connectivity index (χ1) is 11.6. The highest BCUT2D eigenvalue weighted by Crippen LogP contribution is 2.30. The molecule has 3 nitrogen and oxygen atoms in total. The van der Waals surface area contributed by atoms with Gasteiger partial charge < -0.3 is 10.3 Å². The molecule has 0 radical (unpaired) electrons. The average Bonchev–Trinajstić information content (AvgIpc) is 2.48. The lowest BCUT2D eigenvalue weighted by molar-refractivity contribution is -0.106. The Morgan fingerprint density at radius 3 is 2.40 bits per heavy atom.